The Hall–Kier alpha value is -0.850. The molecular weight excluding hydrogens is 222 g/mol. The van der Waals surface area contributed by atoms with Crippen LogP contribution in [0, 0.1) is 5.41 Å². The van der Waals surface area contributed by atoms with E-state index in [-0.39, 0.29) is 24.5 Å². The van der Waals surface area contributed by atoms with Gasteiger partial charge in [-0.2, -0.15) is 0 Å². The van der Waals surface area contributed by atoms with E-state index >= 15 is 0 Å². The molecule has 0 heterocycles. The first-order valence-electron chi connectivity index (χ1n) is 5.98. The summed E-state index contributed by atoms with van der Waals surface area (Å²) in [6, 6.07) is 0. The topological polar surface area (TPSA) is 111 Å². The van der Waals surface area contributed by atoms with Crippen molar-refractivity contribution < 1.29 is 15.4 Å². The molecule has 0 radical (unpaired) electrons. The van der Waals surface area contributed by atoms with Gasteiger partial charge in [0, 0.05) is 13.0 Å². The van der Waals surface area contributed by atoms with Gasteiger partial charge in [0.05, 0.1) is 18.8 Å². The molecule has 0 bridgehead atoms. The average Bonchev–Trinajstić information content (AvgIpc) is 3.12. The minimum absolute atomic E-state index is 0.0288. The predicted octanol–water partition coefficient (Wildman–Crippen LogP) is -0.374. The van der Waals surface area contributed by atoms with Crippen LogP contribution < -0.4 is 11.1 Å². The maximum Gasteiger partial charge on any atom is 0.139 e. The van der Waals surface area contributed by atoms with Crippen molar-refractivity contribution in [2.45, 2.75) is 38.1 Å². The number of nitrogens with two attached hydrogens (primary N) is 1. The van der Waals surface area contributed by atoms with Crippen molar-refractivity contribution in [1.82, 2.24) is 5.32 Å². The van der Waals surface area contributed by atoms with E-state index < -0.39 is 5.54 Å². The highest BCUT2D eigenvalue weighted by molar-refractivity contribution is 5.80. The average molecular weight is 245 g/mol. The summed E-state index contributed by atoms with van der Waals surface area (Å²) < 4.78 is 0. The molecule has 0 aromatic heterocycles. The lowest BCUT2D eigenvalue weighted by molar-refractivity contribution is 0.0831. The molecule has 0 atom stereocenters. The van der Waals surface area contributed by atoms with E-state index in [9.17, 15) is 10.2 Å². The standard InChI is InChI=1S/C11H23N3O3/c1-2-11(7-15,8-16)13-6-10(3-4-10)5-9(12)14-17/h13,15-17H,2-8H2,1H3,(H2,12,14). The Morgan fingerprint density at radius 2 is 2.00 bits per heavy atom. The molecule has 0 aromatic carbocycles. The van der Waals surface area contributed by atoms with Crippen LogP contribution in [0.15, 0.2) is 5.16 Å². The third-order valence-electron chi connectivity index (χ3n) is 3.76. The van der Waals surface area contributed by atoms with Gasteiger partial charge in [-0.1, -0.05) is 12.1 Å². The van der Waals surface area contributed by atoms with Crippen LogP contribution in [0.1, 0.15) is 32.6 Å². The lowest BCUT2D eigenvalue weighted by atomic mass is 9.95. The highest BCUT2D eigenvalue weighted by Gasteiger charge is 2.44. The van der Waals surface area contributed by atoms with E-state index in [2.05, 4.69) is 10.5 Å². The van der Waals surface area contributed by atoms with E-state index in [1.165, 1.54) is 0 Å². The Morgan fingerprint density at radius 3 is 2.35 bits per heavy atom. The number of hydrogen-bond donors (Lipinski definition) is 5. The second kappa shape index (κ2) is 5.66. The molecule has 1 aliphatic rings. The number of amidine groups is 1. The predicted molar refractivity (Wildman–Crippen MR) is 64.9 cm³/mol. The zero-order valence-corrected chi connectivity index (χ0v) is 10.3. The number of hydrogen-bond acceptors (Lipinski definition) is 5. The Balaban J connectivity index is 2.49. The number of nitrogens with zero attached hydrogens (tertiary/aromatic N) is 1. The second-order valence-corrected chi connectivity index (χ2v) is 5.07. The molecule has 100 valence electrons. The molecule has 6 N–H and O–H groups in total. The van der Waals surface area contributed by atoms with Gasteiger partial charge in [-0.05, 0) is 24.7 Å². The van der Waals surface area contributed by atoms with Gasteiger partial charge in [-0.15, -0.1) is 0 Å². The van der Waals surface area contributed by atoms with Gasteiger partial charge in [-0.3, -0.25) is 0 Å². The molecular formula is C11H23N3O3. The van der Waals surface area contributed by atoms with Crippen LogP contribution in [-0.4, -0.2) is 46.6 Å². The van der Waals surface area contributed by atoms with E-state index in [4.69, 9.17) is 10.9 Å². The molecule has 1 saturated carbocycles. The van der Waals surface area contributed by atoms with Crippen LogP contribution in [0.3, 0.4) is 0 Å². The number of rotatable bonds is 8. The molecule has 1 rings (SSSR count). The van der Waals surface area contributed by atoms with Gasteiger partial charge >= 0.3 is 0 Å². The van der Waals surface area contributed by atoms with Crippen molar-refractivity contribution in [2.24, 2.45) is 16.3 Å². The van der Waals surface area contributed by atoms with Crippen molar-refractivity contribution in [3.8, 4) is 0 Å². The van der Waals surface area contributed by atoms with E-state index in [1.807, 2.05) is 6.92 Å². The van der Waals surface area contributed by atoms with E-state index in [1.54, 1.807) is 0 Å². The van der Waals surface area contributed by atoms with Gasteiger partial charge in [0.1, 0.15) is 5.84 Å². The molecule has 0 unspecified atom stereocenters. The van der Waals surface area contributed by atoms with E-state index in [0.29, 0.717) is 19.4 Å². The molecule has 6 heteroatoms. The number of oxime groups is 1. The number of aliphatic hydroxyl groups excluding tert-OH is 2. The number of aliphatic hydroxyl groups is 2. The minimum atomic E-state index is -0.624. The van der Waals surface area contributed by atoms with Crippen molar-refractivity contribution >= 4 is 5.84 Å². The second-order valence-electron chi connectivity index (χ2n) is 5.07. The van der Waals surface area contributed by atoms with Crippen LogP contribution in [0.5, 0.6) is 0 Å². The first-order valence-corrected chi connectivity index (χ1v) is 5.98. The van der Waals surface area contributed by atoms with Gasteiger partial charge in [0.2, 0.25) is 0 Å². The highest BCUT2D eigenvalue weighted by Crippen LogP contribution is 2.48. The quantitative estimate of drug-likeness (QED) is 0.173. The SMILES string of the molecule is CCC(CO)(CO)NCC1(CC(N)=NO)CC1. The Morgan fingerprint density at radius 1 is 1.41 bits per heavy atom. The molecule has 0 saturated heterocycles. The fourth-order valence-corrected chi connectivity index (χ4v) is 1.90. The Labute approximate surface area is 102 Å². The summed E-state index contributed by atoms with van der Waals surface area (Å²) in [7, 11) is 0. The third kappa shape index (κ3) is 3.55. The highest BCUT2D eigenvalue weighted by atomic mass is 16.4. The summed E-state index contributed by atoms with van der Waals surface area (Å²) in [5.74, 6) is 0.236. The maximum absolute atomic E-state index is 9.31. The first-order chi connectivity index (χ1) is 8.05. The van der Waals surface area contributed by atoms with Crippen LogP contribution in [0.2, 0.25) is 0 Å². The number of nitrogens with one attached hydrogen (secondary N) is 1. The monoisotopic (exact) mass is 245 g/mol. The Kier molecular flexibility index (Phi) is 4.73. The summed E-state index contributed by atoms with van der Waals surface area (Å²) in [4.78, 5) is 0. The van der Waals surface area contributed by atoms with Crippen LogP contribution in [0.4, 0.5) is 0 Å². The molecule has 6 nitrogen and oxygen atoms in total. The fourth-order valence-electron chi connectivity index (χ4n) is 1.90. The molecule has 0 amide bonds. The summed E-state index contributed by atoms with van der Waals surface area (Å²) in [6.07, 6.45) is 3.24. The van der Waals surface area contributed by atoms with Crippen LogP contribution in [0.25, 0.3) is 0 Å². The molecule has 1 fully saturated rings. The summed E-state index contributed by atoms with van der Waals surface area (Å²) in [5, 5.41) is 33.4. The zero-order chi connectivity index (χ0) is 12.9. The lowest BCUT2D eigenvalue weighted by Crippen LogP contribution is -2.53. The van der Waals surface area contributed by atoms with Crippen LogP contribution in [-0.2, 0) is 0 Å². The third-order valence-corrected chi connectivity index (χ3v) is 3.76. The Bertz CT molecular complexity index is 265. The summed E-state index contributed by atoms with van der Waals surface area (Å²) in [6.45, 7) is 2.39. The first kappa shape index (κ1) is 14.2. The normalized spacial score (nSPS) is 19.4. The van der Waals surface area contributed by atoms with Gasteiger partial charge < -0.3 is 26.5 Å². The molecule has 0 aromatic rings. The van der Waals surface area contributed by atoms with E-state index in [0.717, 1.165) is 12.8 Å². The van der Waals surface area contributed by atoms with Crippen molar-refractivity contribution in [1.29, 1.82) is 0 Å². The molecule has 0 aliphatic heterocycles. The molecule has 1 aliphatic carbocycles. The maximum atomic E-state index is 9.31. The van der Waals surface area contributed by atoms with Crippen molar-refractivity contribution in [2.75, 3.05) is 19.8 Å². The molecule has 0 spiro atoms. The largest absolute Gasteiger partial charge is 0.409 e. The summed E-state index contributed by atoms with van der Waals surface area (Å²) in [5.41, 5.74) is 4.91. The fraction of sp³-hybridized carbons (Fsp3) is 0.909. The minimum Gasteiger partial charge on any atom is -0.409 e. The lowest BCUT2D eigenvalue weighted by Gasteiger charge is -2.32. The van der Waals surface area contributed by atoms with Crippen LogP contribution >= 0.6 is 0 Å². The van der Waals surface area contributed by atoms with Gasteiger partial charge in [-0.25, -0.2) is 0 Å². The van der Waals surface area contributed by atoms with Crippen molar-refractivity contribution in [3.05, 3.63) is 0 Å². The van der Waals surface area contributed by atoms with Crippen molar-refractivity contribution in [3.63, 3.8) is 0 Å². The zero-order valence-electron chi connectivity index (χ0n) is 10.3. The van der Waals surface area contributed by atoms with Gasteiger partial charge in [0.15, 0.2) is 0 Å². The molecule has 17 heavy (non-hydrogen) atoms. The smallest absolute Gasteiger partial charge is 0.139 e. The van der Waals surface area contributed by atoms with Gasteiger partial charge in [0.25, 0.3) is 0 Å². The summed E-state index contributed by atoms with van der Waals surface area (Å²) >= 11 is 0.